The summed E-state index contributed by atoms with van der Waals surface area (Å²) in [5, 5.41) is 4.07. The number of nitrogens with one attached hydrogen (secondary N) is 1. The number of carbonyl (C=O) groups excluding carboxylic acids is 2. The SMILES string of the molecule is COc1cc2c(Nc3ccc(OCc4ccco4)c(C4=CC(=O)C=CC4=O)c3)ncnc2cc1OCCCN1CCCC1. The van der Waals surface area contributed by atoms with E-state index in [9.17, 15) is 9.59 Å². The Labute approximate surface area is 249 Å². The average molecular weight is 581 g/mol. The van der Waals surface area contributed by atoms with Gasteiger partial charge in [0.2, 0.25) is 0 Å². The Kier molecular flexibility index (Phi) is 8.46. The van der Waals surface area contributed by atoms with E-state index in [1.54, 1.807) is 37.6 Å². The normalized spacial score (nSPS) is 15.1. The first-order valence-electron chi connectivity index (χ1n) is 14.3. The first-order chi connectivity index (χ1) is 21.1. The molecule has 1 saturated heterocycles. The highest BCUT2D eigenvalue weighted by Crippen LogP contribution is 2.37. The van der Waals surface area contributed by atoms with Crippen molar-refractivity contribution >= 4 is 39.5 Å². The number of furan rings is 1. The van der Waals surface area contributed by atoms with Crippen LogP contribution in [0.3, 0.4) is 0 Å². The summed E-state index contributed by atoms with van der Waals surface area (Å²) in [4.78, 5) is 36.4. The quantitative estimate of drug-likeness (QED) is 0.170. The molecule has 2 aliphatic rings. The van der Waals surface area contributed by atoms with Crippen LogP contribution in [0.1, 0.15) is 30.6 Å². The average Bonchev–Trinajstić information content (AvgIpc) is 3.75. The standard InChI is InChI=1S/C33H32N4O6/c1-40-31-18-27-28(19-32(31)42-15-5-13-37-11-2-3-12-37)34-21-35-33(27)36-22-7-10-30(43-20-24-6-4-14-41-24)26(16-22)25-17-23(38)8-9-29(25)39/h4,6-10,14,16-19,21H,2-3,5,11-13,15,20H2,1H3,(H,34,35,36). The van der Waals surface area contributed by atoms with Crippen molar-refractivity contribution in [3.05, 3.63) is 84.6 Å². The summed E-state index contributed by atoms with van der Waals surface area (Å²) in [6.45, 7) is 4.09. The zero-order chi connectivity index (χ0) is 29.6. The third-order valence-corrected chi connectivity index (χ3v) is 7.43. The highest BCUT2D eigenvalue weighted by Gasteiger charge is 2.21. The van der Waals surface area contributed by atoms with Crippen molar-refractivity contribution in [2.24, 2.45) is 0 Å². The van der Waals surface area contributed by atoms with Crippen LogP contribution in [0.15, 0.2) is 77.7 Å². The van der Waals surface area contributed by atoms with Crippen LogP contribution in [0.5, 0.6) is 17.2 Å². The van der Waals surface area contributed by atoms with Crippen LogP contribution in [0.25, 0.3) is 16.5 Å². The number of hydrogen-bond donors (Lipinski definition) is 1. The van der Waals surface area contributed by atoms with Crippen molar-refractivity contribution in [1.29, 1.82) is 0 Å². The number of allylic oxidation sites excluding steroid dienone is 4. The number of ketones is 2. The molecule has 1 fully saturated rings. The maximum absolute atomic E-state index is 12.8. The smallest absolute Gasteiger partial charge is 0.186 e. The summed E-state index contributed by atoms with van der Waals surface area (Å²) in [6, 6.07) is 12.6. The Morgan fingerprint density at radius 2 is 1.86 bits per heavy atom. The van der Waals surface area contributed by atoms with Gasteiger partial charge < -0.3 is 28.8 Å². The molecular weight excluding hydrogens is 548 g/mol. The number of benzene rings is 2. The minimum Gasteiger partial charge on any atom is -0.493 e. The summed E-state index contributed by atoms with van der Waals surface area (Å²) < 4.78 is 23.1. The minimum atomic E-state index is -0.287. The second-order valence-electron chi connectivity index (χ2n) is 10.4. The second kappa shape index (κ2) is 12.9. The predicted molar refractivity (Wildman–Crippen MR) is 162 cm³/mol. The number of rotatable bonds is 12. The number of anilines is 2. The topological polar surface area (TPSA) is 116 Å². The van der Waals surface area contributed by atoms with Crippen LogP contribution < -0.4 is 19.5 Å². The van der Waals surface area contributed by atoms with Gasteiger partial charge in [0.1, 0.15) is 30.3 Å². The number of aromatic nitrogens is 2. The molecule has 0 saturated carbocycles. The molecule has 10 nitrogen and oxygen atoms in total. The van der Waals surface area contributed by atoms with Gasteiger partial charge in [0.25, 0.3) is 0 Å². The fraction of sp³-hybridized carbons (Fsp3) is 0.273. The highest BCUT2D eigenvalue weighted by atomic mass is 16.5. The van der Waals surface area contributed by atoms with Crippen LogP contribution >= 0.6 is 0 Å². The Balaban J connectivity index is 1.25. The molecule has 10 heteroatoms. The van der Waals surface area contributed by atoms with Crippen molar-refractivity contribution in [3.8, 4) is 17.2 Å². The summed E-state index contributed by atoms with van der Waals surface area (Å²) in [5.41, 5.74) is 2.04. The Morgan fingerprint density at radius 3 is 2.67 bits per heavy atom. The van der Waals surface area contributed by atoms with E-state index >= 15 is 0 Å². The van der Waals surface area contributed by atoms with Crippen LogP contribution in [-0.2, 0) is 16.2 Å². The molecule has 3 heterocycles. The van der Waals surface area contributed by atoms with E-state index in [1.165, 1.54) is 37.4 Å². The van der Waals surface area contributed by atoms with Gasteiger partial charge in [-0.05, 0) is 87.0 Å². The Morgan fingerprint density at radius 1 is 0.977 bits per heavy atom. The van der Waals surface area contributed by atoms with Gasteiger partial charge in [-0.1, -0.05) is 0 Å². The molecule has 6 rings (SSSR count). The first-order valence-corrected chi connectivity index (χ1v) is 14.3. The monoisotopic (exact) mass is 580 g/mol. The number of methoxy groups -OCH3 is 1. The molecule has 0 unspecified atom stereocenters. The van der Waals surface area contributed by atoms with Crippen LogP contribution in [0, 0.1) is 0 Å². The number of nitrogens with zero attached hydrogens (tertiary/aromatic N) is 3. The van der Waals surface area contributed by atoms with Crippen LogP contribution in [0.2, 0.25) is 0 Å². The van der Waals surface area contributed by atoms with Gasteiger partial charge in [-0.3, -0.25) is 9.59 Å². The third kappa shape index (κ3) is 6.60. The number of ether oxygens (including phenoxy) is 3. The molecule has 1 aliphatic heterocycles. The van der Waals surface area contributed by atoms with Crippen molar-refractivity contribution in [2.75, 3.05) is 38.7 Å². The van der Waals surface area contributed by atoms with Gasteiger partial charge in [-0.15, -0.1) is 0 Å². The largest absolute Gasteiger partial charge is 0.493 e. The van der Waals surface area contributed by atoms with E-state index in [-0.39, 0.29) is 23.7 Å². The van der Waals surface area contributed by atoms with E-state index in [2.05, 4.69) is 20.2 Å². The number of fused-ring (bicyclic) bond motifs is 1. The molecule has 2 aromatic carbocycles. The molecule has 0 bridgehead atoms. The summed E-state index contributed by atoms with van der Waals surface area (Å²) in [6.07, 6.45) is 10.4. The molecule has 2 aromatic heterocycles. The molecule has 220 valence electrons. The lowest BCUT2D eigenvalue weighted by Crippen LogP contribution is -2.21. The van der Waals surface area contributed by atoms with Crippen molar-refractivity contribution in [3.63, 3.8) is 0 Å². The molecule has 1 aliphatic carbocycles. The maximum atomic E-state index is 12.8. The van der Waals surface area contributed by atoms with Gasteiger partial charge in [0, 0.05) is 34.8 Å². The molecule has 1 N–H and O–H groups in total. The lowest BCUT2D eigenvalue weighted by molar-refractivity contribution is -0.113. The minimum absolute atomic E-state index is 0.164. The molecule has 0 spiro atoms. The van der Waals surface area contributed by atoms with Crippen LogP contribution in [-0.4, -0.2) is 59.8 Å². The molecular formula is C33H32N4O6. The van der Waals surface area contributed by atoms with Gasteiger partial charge in [-0.2, -0.15) is 0 Å². The zero-order valence-electron chi connectivity index (χ0n) is 23.9. The molecule has 0 radical (unpaired) electrons. The molecule has 0 atom stereocenters. The van der Waals surface area contributed by atoms with E-state index in [1.807, 2.05) is 18.2 Å². The van der Waals surface area contributed by atoms with E-state index in [4.69, 9.17) is 18.6 Å². The first kappa shape index (κ1) is 28.2. The highest BCUT2D eigenvalue weighted by molar-refractivity contribution is 6.34. The van der Waals surface area contributed by atoms with Crippen molar-refractivity contribution in [2.45, 2.75) is 25.9 Å². The van der Waals surface area contributed by atoms with Gasteiger partial charge in [0.15, 0.2) is 23.1 Å². The number of hydrogen-bond acceptors (Lipinski definition) is 10. The van der Waals surface area contributed by atoms with Crippen molar-refractivity contribution < 1.29 is 28.2 Å². The zero-order valence-corrected chi connectivity index (χ0v) is 23.9. The van der Waals surface area contributed by atoms with Crippen LogP contribution in [0.4, 0.5) is 11.5 Å². The molecule has 4 aromatic rings. The fourth-order valence-corrected chi connectivity index (χ4v) is 5.26. The lowest BCUT2D eigenvalue weighted by atomic mass is 9.95. The summed E-state index contributed by atoms with van der Waals surface area (Å²) in [5.74, 6) is 2.26. The second-order valence-corrected chi connectivity index (χ2v) is 10.4. The van der Waals surface area contributed by atoms with E-state index < -0.39 is 0 Å². The lowest BCUT2D eigenvalue weighted by Gasteiger charge is -2.17. The van der Waals surface area contributed by atoms with Gasteiger partial charge in [0.05, 0.1) is 25.5 Å². The third-order valence-electron chi connectivity index (χ3n) is 7.43. The molecule has 43 heavy (non-hydrogen) atoms. The van der Waals surface area contributed by atoms with E-state index in [0.29, 0.717) is 52.2 Å². The fourth-order valence-electron chi connectivity index (χ4n) is 5.26. The number of likely N-dealkylation sites (tertiary alicyclic amines) is 1. The predicted octanol–water partition coefficient (Wildman–Crippen LogP) is 5.51. The Bertz CT molecular complexity index is 1690. The summed E-state index contributed by atoms with van der Waals surface area (Å²) >= 11 is 0. The van der Waals surface area contributed by atoms with Gasteiger partial charge in [-0.25, -0.2) is 9.97 Å². The van der Waals surface area contributed by atoms with Gasteiger partial charge >= 0.3 is 0 Å². The molecule has 0 amide bonds. The number of carbonyl (C=O) groups is 2. The maximum Gasteiger partial charge on any atom is 0.186 e. The van der Waals surface area contributed by atoms with E-state index in [0.717, 1.165) is 31.4 Å². The summed E-state index contributed by atoms with van der Waals surface area (Å²) in [7, 11) is 1.60. The Hall–Kier alpha value is -4.96. The van der Waals surface area contributed by atoms with Crippen molar-refractivity contribution in [1.82, 2.24) is 14.9 Å².